The number of H-pyrrole nitrogens is 1. The number of aromatic nitrogens is 3. The lowest BCUT2D eigenvalue weighted by Gasteiger charge is -2.04. The lowest BCUT2D eigenvalue weighted by molar-refractivity contribution is 0.509. The number of pyridine rings is 1. The Morgan fingerprint density at radius 1 is 1.37 bits per heavy atom. The van der Waals surface area contributed by atoms with Gasteiger partial charge >= 0.3 is 0 Å². The molecule has 0 spiro atoms. The van der Waals surface area contributed by atoms with Crippen molar-refractivity contribution >= 4 is 0 Å². The van der Waals surface area contributed by atoms with Crippen molar-refractivity contribution in [2.24, 2.45) is 11.8 Å². The fourth-order valence-corrected chi connectivity index (χ4v) is 2.52. The van der Waals surface area contributed by atoms with E-state index in [0.29, 0.717) is 6.04 Å². The first-order chi connectivity index (χ1) is 9.24. The highest BCUT2D eigenvalue weighted by molar-refractivity contribution is 5.53. The molecule has 0 bridgehead atoms. The first kappa shape index (κ1) is 12.4. The predicted octanol–water partition coefficient (Wildman–Crippen LogP) is 2.61. The maximum atomic E-state index is 4.31. The number of rotatable bonds is 5. The van der Waals surface area contributed by atoms with Crippen LogP contribution >= 0.6 is 0 Å². The summed E-state index contributed by atoms with van der Waals surface area (Å²) in [4.78, 5) is 4.30. The van der Waals surface area contributed by atoms with E-state index in [1.165, 1.54) is 6.42 Å². The summed E-state index contributed by atoms with van der Waals surface area (Å²) in [5.41, 5.74) is 2.94. The molecule has 2 N–H and O–H groups in total. The van der Waals surface area contributed by atoms with E-state index in [9.17, 15) is 0 Å². The number of hydrogen-bond donors (Lipinski definition) is 2. The Bertz CT molecular complexity index is 532. The minimum absolute atomic E-state index is 0.682. The normalized spacial score (nSPS) is 21.8. The van der Waals surface area contributed by atoms with Gasteiger partial charge in [0.15, 0.2) is 0 Å². The van der Waals surface area contributed by atoms with Gasteiger partial charge in [0, 0.05) is 24.5 Å². The molecular weight excluding hydrogens is 236 g/mol. The van der Waals surface area contributed by atoms with Gasteiger partial charge in [-0.05, 0) is 36.5 Å². The van der Waals surface area contributed by atoms with E-state index in [0.717, 1.165) is 35.5 Å². The summed E-state index contributed by atoms with van der Waals surface area (Å²) in [6.07, 6.45) is 3.10. The first-order valence-electron chi connectivity index (χ1n) is 6.93. The van der Waals surface area contributed by atoms with Crippen molar-refractivity contribution in [1.29, 1.82) is 0 Å². The summed E-state index contributed by atoms with van der Waals surface area (Å²) in [5.74, 6) is 1.63. The van der Waals surface area contributed by atoms with Gasteiger partial charge in [0.2, 0.25) is 0 Å². The van der Waals surface area contributed by atoms with Crippen molar-refractivity contribution < 1.29 is 0 Å². The van der Waals surface area contributed by atoms with Crippen LogP contribution in [0.15, 0.2) is 30.5 Å². The average Bonchev–Trinajstić information content (AvgIpc) is 3.07. The van der Waals surface area contributed by atoms with Crippen LogP contribution in [-0.4, -0.2) is 21.2 Å². The third-order valence-corrected chi connectivity index (χ3v) is 3.81. The summed E-state index contributed by atoms with van der Waals surface area (Å²) in [5, 5.41) is 11.0. The molecule has 19 heavy (non-hydrogen) atoms. The molecule has 1 saturated carbocycles. The molecule has 2 aromatic rings. The molecule has 1 aliphatic rings. The molecule has 4 heteroatoms. The average molecular weight is 256 g/mol. The van der Waals surface area contributed by atoms with Crippen LogP contribution in [0.4, 0.5) is 0 Å². The second-order valence-corrected chi connectivity index (χ2v) is 5.62. The van der Waals surface area contributed by atoms with Crippen molar-refractivity contribution in [2.45, 2.75) is 32.9 Å². The standard InChI is InChI=1S/C15H20N4/c1-10(2)12-8-14(12)17-9-11-7-15(19-18-11)13-5-3-4-6-16-13/h3-7,10,12,14,17H,8-9H2,1-2H3,(H,18,19)/t12-,14+/m0/s1. The second-order valence-electron chi connectivity index (χ2n) is 5.62. The van der Waals surface area contributed by atoms with E-state index in [1.54, 1.807) is 6.20 Å². The minimum atomic E-state index is 0.682. The van der Waals surface area contributed by atoms with Gasteiger partial charge in [-0.25, -0.2) is 0 Å². The molecule has 1 aliphatic carbocycles. The Labute approximate surface area is 113 Å². The van der Waals surface area contributed by atoms with Gasteiger partial charge in [-0.3, -0.25) is 10.1 Å². The molecule has 0 aromatic carbocycles. The zero-order valence-corrected chi connectivity index (χ0v) is 11.4. The topological polar surface area (TPSA) is 53.6 Å². The van der Waals surface area contributed by atoms with Crippen LogP contribution in [0.2, 0.25) is 0 Å². The van der Waals surface area contributed by atoms with Crippen molar-refractivity contribution in [3.63, 3.8) is 0 Å². The van der Waals surface area contributed by atoms with E-state index in [4.69, 9.17) is 0 Å². The Morgan fingerprint density at radius 2 is 2.26 bits per heavy atom. The molecule has 1 fully saturated rings. The first-order valence-corrected chi connectivity index (χ1v) is 6.93. The van der Waals surface area contributed by atoms with E-state index < -0.39 is 0 Å². The monoisotopic (exact) mass is 256 g/mol. The molecule has 3 rings (SSSR count). The Hall–Kier alpha value is -1.68. The zero-order chi connectivity index (χ0) is 13.2. The van der Waals surface area contributed by atoms with E-state index in [-0.39, 0.29) is 0 Å². The van der Waals surface area contributed by atoms with Gasteiger partial charge in [-0.1, -0.05) is 19.9 Å². The molecule has 2 heterocycles. The summed E-state index contributed by atoms with van der Waals surface area (Å²) < 4.78 is 0. The van der Waals surface area contributed by atoms with E-state index in [2.05, 4.69) is 40.4 Å². The maximum Gasteiger partial charge on any atom is 0.111 e. The Morgan fingerprint density at radius 3 is 2.95 bits per heavy atom. The van der Waals surface area contributed by atoms with E-state index >= 15 is 0 Å². The van der Waals surface area contributed by atoms with Gasteiger partial charge in [-0.2, -0.15) is 5.10 Å². The molecule has 100 valence electrons. The van der Waals surface area contributed by atoms with Crippen LogP contribution in [0.1, 0.15) is 26.0 Å². The van der Waals surface area contributed by atoms with Crippen molar-refractivity contribution in [3.8, 4) is 11.4 Å². The van der Waals surface area contributed by atoms with Crippen molar-refractivity contribution in [3.05, 3.63) is 36.2 Å². The number of nitrogens with zero attached hydrogens (tertiary/aromatic N) is 2. The largest absolute Gasteiger partial charge is 0.308 e. The van der Waals surface area contributed by atoms with Gasteiger partial charge in [-0.15, -0.1) is 0 Å². The summed E-state index contributed by atoms with van der Waals surface area (Å²) in [7, 11) is 0. The summed E-state index contributed by atoms with van der Waals surface area (Å²) >= 11 is 0. The maximum absolute atomic E-state index is 4.31. The molecule has 0 unspecified atom stereocenters. The molecule has 2 aromatic heterocycles. The lowest BCUT2D eigenvalue weighted by atomic mass is 10.1. The van der Waals surface area contributed by atoms with Crippen LogP contribution in [0, 0.1) is 11.8 Å². The predicted molar refractivity (Wildman–Crippen MR) is 75.4 cm³/mol. The van der Waals surface area contributed by atoms with Gasteiger partial charge in [0.25, 0.3) is 0 Å². The van der Waals surface area contributed by atoms with Gasteiger partial charge in [0.1, 0.15) is 5.69 Å². The quantitative estimate of drug-likeness (QED) is 0.864. The van der Waals surface area contributed by atoms with Crippen molar-refractivity contribution in [2.75, 3.05) is 0 Å². The summed E-state index contributed by atoms with van der Waals surface area (Å²) in [6.45, 7) is 5.44. The van der Waals surface area contributed by atoms with Gasteiger partial charge < -0.3 is 5.32 Å². The lowest BCUT2D eigenvalue weighted by Crippen LogP contribution is -2.19. The second kappa shape index (κ2) is 5.13. The molecule has 0 saturated heterocycles. The highest BCUT2D eigenvalue weighted by Gasteiger charge is 2.38. The number of aromatic amines is 1. The molecule has 2 atom stereocenters. The van der Waals surface area contributed by atoms with Crippen molar-refractivity contribution in [1.82, 2.24) is 20.5 Å². The number of hydrogen-bond acceptors (Lipinski definition) is 3. The SMILES string of the molecule is CC(C)[C@@H]1C[C@H]1NCc1cc(-c2ccccn2)n[nH]1. The third kappa shape index (κ3) is 2.84. The third-order valence-electron chi connectivity index (χ3n) is 3.81. The molecule has 0 radical (unpaired) electrons. The Balaban J connectivity index is 1.57. The smallest absolute Gasteiger partial charge is 0.111 e. The van der Waals surface area contributed by atoms with Crippen LogP contribution in [0.3, 0.4) is 0 Å². The molecular formula is C15H20N4. The van der Waals surface area contributed by atoms with Crippen LogP contribution in [0.25, 0.3) is 11.4 Å². The fourth-order valence-electron chi connectivity index (χ4n) is 2.52. The molecule has 4 nitrogen and oxygen atoms in total. The molecule has 0 aliphatic heterocycles. The zero-order valence-electron chi connectivity index (χ0n) is 11.4. The fraction of sp³-hybridized carbons (Fsp3) is 0.467. The Kier molecular flexibility index (Phi) is 3.34. The van der Waals surface area contributed by atoms with E-state index in [1.807, 2.05) is 18.2 Å². The van der Waals surface area contributed by atoms with Crippen LogP contribution < -0.4 is 5.32 Å². The highest BCUT2D eigenvalue weighted by atomic mass is 15.1. The van der Waals surface area contributed by atoms with Gasteiger partial charge in [0.05, 0.1) is 5.69 Å². The highest BCUT2D eigenvalue weighted by Crippen LogP contribution is 2.37. The number of nitrogens with one attached hydrogen (secondary N) is 2. The van der Waals surface area contributed by atoms with Crippen LogP contribution in [-0.2, 0) is 6.54 Å². The minimum Gasteiger partial charge on any atom is -0.308 e. The molecule has 0 amide bonds. The van der Waals surface area contributed by atoms with Crippen LogP contribution in [0.5, 0.6) is 0 Å². The summed E-state index contributed by atoms with van der Waals surface area (Å²) in [6, 6.07) is 8.62.